The highest BCUT2D eigenvalue weighted by atomic mass is 16.5. The molecule has 4 heteroatoms. The summed E-state index contributed by atoms with van der Waals surface area (Å²) < 4.78 is 16.3. The number of methoxy groups -OCH3 is 1. The molecule has 1 N–H and O–H groups in total. The Kier molecular flexibility index (Phi) is 5.83. The van der Waals surface area contributed by atoms with E-state index in [2.05, 4.69) is 6.92 Å². The summed E-state index contributed by atoms with van der Waals surface area (Å²) in [7, 11) is 1.66. The SMILES string of the molecule is CCCOCCOC1CCc2cc(OC)ccc2C1O. The van der Waals surface area contributed by atoms with E-state index in [1.54, 1.807) is 7.11 Å². The number of aryl methyl sites for hydroxylation is 1. The summed E-state index contributed by atoms with van der Waals surface area (Å²) in [5, 5.41) is 10.4. The average molecular weight is 280 g/mol. The fourth-order valence-electron chi connectivity index (χ4n) is 2.55. The molecule has 0 saturated heterocycles. The van der Waals surface area contributed by atoms with Crippen molar-refractivity contribution in [2.45, 2.75) is 38.4 Å². The van der Waals surface area contributed by atoms with Gasteiger partial charge in [0.15, 0.2) is 0 Å². The average Bonchev–Trinajstić information content (AvgIpc) is 2.48. The Morgan fingerprint density at radius 3 is 2.85 bits per heavy atom. The Hall–Kier alpha value is -1.10. The molecular formula is C16H24O4. The summed E-state index contributed by atoms with van der Waals surface area (Å²) in [6.45, 7) is 3.97. The molecule has 0 amide bonds. The Morgan fingerprint density at radius 2 is 2.10 bits per heavy atom. The zero-order chi connectivity index (χ0) is 14.4. The fourth-order valence-corrected chi connectivity index (χ4v) is 2.55. The van der Waals surface area contributed by atoms with Gasteiger partial charge in [-0.15, -0.1) is 0 Å². The van der Waals surface area contributed by atoms with E-state index in [9.17, 15) is 5.11 Å². The van der Waals surface area contributed by atoms with E-state index in [1.165, 1.54) is 0 Å². The molecule has 2 unspecified atom stereocenters. The second-order valence-corrected chi connectivity index (χ2v) is 5.07. The minimum absolute atomic E-state index is 0.138. The third kappa shape index (κ3) is 3.72. The molecule has 0 radical (unpaired) electrons. The van der Waals surface area contributed by atoms with Gasteiger partial charge in [-0.05, 0) is 42.5 Å². The predicted molar refractivity (Wildman–Crippen MR) is 77.1 cm³/mol. The van der Waals surface area contributed by atoms with Crippen LogP contribution in [-0.2, 0) is 15.9 Å². The lowest BCUT2D eigenvalue weighted by molar-refractivity contribution is -0.0652. The molecule has 0 bridgehead atoms. The van der Waals surface area contributed by atoms with Crippen molar-refractivity contribution in [3.05, 3.63) is 29.3 Å². The number of rotatable bonds is 7. The maximum Gasteiger partial charge on any atom is 0.119 e. The molecule has 1 aliphatic carbocycles. The van der Waals surface area contributed by atoms with Crippen molar-refractivity contribution in [3.8, 4) is 5.75 Å². The van der Waals surface area contributed by atoms with E-state index in [1.807, 2.05) is 18.2 Å². The minimum atomic E-state index is -0.559. The van der Waals surface area contributed by atoms with Gasteiger partial charge in [-0.1, -0.05) is 13.0 Å². The van der Waals surface area contributed by atoms with Crippen LogP contribution in [0.5, 0.6) is 5.75 Å². The Morgan fingerprint density at radius 1 is 1.25 bits per heavy atom. The first-order valence-corrected chi connectivity index (χ1v) is 7.30. The van der Waals surface area contributed by atoms with Crippen molar-refractivity contribution < 1.29 is 19.3 Å². The molecule has 0 spiro atoms. The molecule has 0 aromatic heterocycles. The second-order valence-electron chi connectivity index (χ2n) is 5.07. The molecule has 0 saturated carbocycles. The maximum atomic E-state index is 10.4. The minimum Gasteiger partial charge on any atom is -0.497 e. The maximum absolute atomic E-state index is 10.4. The number of benzene rings is 1. The van der Waals surface area contributed by atoms with Crippen molar-refractivity contribution in [3.63, 3.8) is 0 Å². The molecule has 112 valence electrons. The van der Waals surface area contributed by atoms with Crippen LogP contribution in [0.15, 0.2) is 18.2 Å². The highest BCUT2D eigenvalue weighted by Crippen LogP contribution is 2.33. The molecule has 4 nitrogen and oxygen atoms in total. The monoisotopic (exact) mass is 280 g/mol. The third-order valence-electron chi connectivity index (χ3n) is 3.63. The van der Waals surface area contributed by atoms with Crippen molar-refractivity contribution in [1.29, 1.82) is 0 Å². The number of fused-ring (bicyclic) bond motifs is 1. The lowest BCUT2D eigenvalue weighted by atomic mass is 9.87. The van der Waals surface area contributed by atoms with Gasteiger partial charge in [0.1, 0.15) is 11.9 Å². The van der Waals surface area contributed by atoms with Gasteiger partial charge in [-0.25, -0.2) is 0 Å². The number of hydrogen-bond donors (Lipinski definition) is 1. The molecule has 0 heterocycles. The molecular weight excluding hydrogens is 256 g/mol. The van der Waals surface area contributed by atoms with Crippen LogP contribution in [0.1, 0.15) is 37.0 Å². The van der Waals surface area contributed by atoms with Crippen molar-refractivity contribution in [2.75, 3.05) is 26.9 Å². The van der Waals surface area contributed by atoms with Gasteiger partial charge < -0.3 is 19.3 Å². The first-order valence-electron chi connectivity index (χ1n) is 7.30. The summed E-state index contributed by atoms with van der Waals surface area (Å²) in [6.07, 6.45) is 2.05. The molecule has 0 fully saturated rings. The molecule has 2 atom stereocenters. The van der Waals surface area contributed by atoms with Gasteiger partial charge in [0.2, 0.25) is 0 Å². The molecule has 2 rings (SSSR count). The number of ether oxygens (including phenoxy) is 3. The van der Waals surface area contributed by atoms with Crippen LogP contribution in [0.2, 0.25) is 0 Å². The van der Waals surface area contributed by atoms with Crippen molar-refractivity contribution in [2.24, 2.45) is 0 Å². The van der Waals surface area contributed by atoms with E-state index in [0.717, 1.165) is 42.7 Å². The van der Waals surface area contributed by atoms with Gasteiger partial charge in [-0.2, -0.15) is 0 Å². The number of aliphatic hydroxyl groups excluding tert-OH is 1. The van der Waals surface area contributed by atoms with Gasteiger partial charge in [-0.3, -0.25) is 0 Å². The molecule has 0 aliphatic heterocycles. The topological polar surface area (TPSA) is 47.9 Å². The smallest absolute Gasteiger partial charge is 0.119 e. The van der Waals surface area contributed by atoms with Crippen LogP contribution in [0.3, 0.4) is 0 Å². The van der Waals surface area contributed by atoms with Crippen LogP contribution in [0.4, 0.5) is 0 Å². The lowest BCUT2D eigenvalue weighted by Gasteiger charge is -2.30. The zero-order valence-electron chi connectivity index (χ0n) is 12.3. The van der Waals surface area contributed by atoms with Crippen molar-refractivity contribution >= 4 is 0 Å². The van der Waals surface area contributed by atoms with E-state index < -0.39 is 6.10 Å². The molecule has 1 aromatic rings. The van der Waals surface area contributed by atoms with E-state index in [0.29, 0.717) is 13.2 Å². The van der Waals surface area contributed by atoms with Crippen LogP contribution in [-0.4, -0.2) is 38.1 Å². The van der Waals surface area contributed by atoms with Crippen LogP contribution in [0, 0.1) is 0 Å². The highest BCUT2D eigenvalue weighted by Gasteiger charge is 2.28. The summed E-state index contributed by atoms with van der Waals surface area (Å²) in [5.74, 6) is 0.836. The van der Waals surface area contributed by atoms with Crippen molar-refractivity contribution in [1.82, 2.24) is 0 Å². The standard InChI is InChI=1S/C16H24O4/c1-3-8-19-9-10-20-15-7-4-12-11-13(18-2)5-6-14(12)16(15)17/h5-6,11,15-17H,3-4,7-10H2,1-2H3. The summed E-state index contributed by atoms with van der Waals surface area (Å²) >= 11 is 0. The summed E-state index contributed by atoms with van der Waals surface area (Å²) in [6, 6.07) is 5.82. The number of aliphatic hydroxyl groups is 1. The van der Waals surface area contributed by atoms with Crippen LogP contribution >= 0.6 is 0 Å². The molecule has 1 aromatic carbocycles. The zero-order valence-corrected chi connectivity index (χ0v) is 12.3. The van der Waals surface area contributed by atoms with Gasteiger partial charge in [0.05, 0.1) is 26.4 Å². The largest absolute Gasteiger partial charge is 0.497 e. The second kappa shape index (κ2) is 7.62. The van der Waals surface area contributed by atoms with Crippen LogP contribution in [0.25, 0.3) is 0 Å². The first kappa shape index (κ1) is 15.3. The van der Waals surface area contributed by atoms with E-state index in [4.69, 9.17) is 14.2 Å². The van der Waals surface area contributed by atoms with Gasteiger partial charge >= 0.3 is 0 Å². The van der Waals surface area contributed by atoms with Crippen LogP contribution < -0.4 is 4.74 Å². The van der Waals surface area contributed by atoms with E-state index >= 15 is 0 Å². The lowest BCUT2D eigenvalue weighted by Crippen LogP contribution is -2.29. The van der Waals surface area contributed by atoms with Gasteiger partial charge in [0, 0.05) is 6.61 Å². The molecule has 1 aliphatic rings. The summed E-state index contributed by atoms with van der Waals surface area (Å²) in [4.78, 5) is 0. The predicted octanol–water partition coefficient (Wildman–Crippen LogP) is 2.49. The third-order valence-corrected chi connectivity index (χ3v) is 3.63. The van der Waals surface area contributed by atoms with Gasteiger partial charge in [0.25, 0.3) is 0 Å². The summed E-state index contributed by atoms with van der Waals surface area (Å²) in [5.41, 5.74) is 2.11. The first-order chi connectivity index (χ1) is 9.76. The van der Waals surface area contributed by atoms with E-state index in [-0.39, 0.29) is 6.10 Å². The number of hydrogen-bond acceptors (Lipinski definition) is 4. The quantitative estimate of drug-likeness (QED) is 0.780. The molecule has 20 heavy (non-hydrogen) atoms. The highest BCUT2D eigenvalue weighted by molar-refractivity contribution is 5.39. The normalized spacial score (nSPS) is 21.6. The fraction of sp³-hybridized carbons (Fsp3) is 0.625. The Bertz CT molecular complexity index is 419. The Labute approximate surface area is 120 Å². The Balaban J connectivity index is 1.89.